The number of hydrogen-bond donors (Lipinski definition) is 2. The molecule has 1 heterocycles. The van der Waals surface area contributed by atoms with Crippen molar-refractivity contribution in [1.82, 2.24) is 9.88 Å². The number of aryl methyl sites for hydroxylation is 1. The van der Waals surface area contributed by atoms with Gasteiger partial charge in [0.1, 0.15) is 0 Å². The lowest BCUT2D eigenvalue weighted by molar-refractivity contribution is 0.233. The molecule has 1 aromatic rings. The van der Waals surface area contributed by atoms with E-state index in [1.165, 1.54) is 17.0 Å². The number of rotatable bonds is 6. The molecule has 0 radical (unpaired) electrons. The number of aliphatic hydroxyl groups is 1. The van der Waals surface area contributed by atoms with E-state index in [-0.39, 0.29) is 6.61 Å². The van der Waals surface area contributed by atoms with Crippen LogP contribution in [0.25, 0.3) is 0 Å². The largest absolute Gasteiger partial charge is 0.396 e. The summed E-state index contributed by atoms with van der Waals surface area (Å²) in [6, 6.07) is 2.25. The van der Waals surface area contributed by atoms with Gasteiger partial charge in [-0.05, 0) is 38.3 Å². The summed E-state index contributed by atoms with van der Waals surface area (Å²) >= 11 is 0. The van der Waals surface area contributed by atoms with Crippen LogP contribution in [0.15, 0.2) is 6.07 Å². The van der Waals surface area contributed by atoms with Gasteiger partial charge in [0.25, 0.3) is 0 Å². The molecular formula is C13H24N2O. The highest BCUT2D eigenvalue weighted by molar-refractivity contribution is 5.26. The molecule has 0 saturated carbocycles. The number of hydrogen-bond acceptors (Lipinski definition) is 2. The predicted octanol–water partition coefficient (Wildman–Crippen LogP) is 1.84. The van der Waals surface area contributed by atoms with Gasteiger partial charge in [-0.2, -0.15) is 0 Å². The molecular weight excluding hydrogens is 200 g/mol. The Morgan fingerprint density at radius 3 is 2.62 bits per heavy atom. The van der Waals surface area contributed by atoms with Gasteiger partial charge in [-0.3, -0.25) is 0 Å². The summed E-state index contributed by atoms with van der Waals surface area (Å²) in [7, 11) is 0. The van der Waals surface area contributed by atoms with E-state index in [0.717, 1.165) is 19.6 Å². The van der Waals surface area contributed by atoms with Crippen LogP contribution in [-0.2, 0) is 13.1 Å². The van der Waals surface area contributed by atoms with E-state index in [0.29, 0.717) is 5.92 Å². The maximum Gasteiger partial charge on any atom is 0.0468 e. The minimum Gasteiger partial charge on any atom is -0.396 e. The topological polar surface area (TPSA) is 37.2 Å². The van der Waals surface area contributed by atoms with Crippen molar-refractivity contribution in [3.8, 4) is 0 Å². The molecule has 2 N–H and O–H groups in total. The van der Waals surface area contributed by atoms with Crippen molar-refractivity contribution < 1.29 is 5.11 Å². The third-order valence-electron chi connectivity index (χ3n) is 3.11. The van der Waals surface area contributed by atoms with Gasteiger partial charge in [0.15, 0.2) is 0 Å². The SMILES string of the molecule is CCn1c(C)cc(CNCC(C)CO)c1C. The van der Waals surface area contributed by atoms with Crippen LogP contribution in [0, 0.1) is 19.8 Å². The van der Waals surface area contributed by atoms with E-state index in [9.17, 15) is 0 Å². The van der Waals surface area contributed by atoms with Crippen LogP contribution in [0.3, 0.4) is 0 Å². The van der Waals surface area contributed by atoms with Gasteiger partial charge in [0, 0.05) is 37.6 Å². The lowest BCUT2D eigenvalue weighted by Gasteiger charge is -2.10. The van der Waals surface area contributed by atoms with Crippen molar-refractivity contribution in [3.05, 3.63) is 23.0 Å². The van der Waals surface area contributed by atoms with Crippen LogP contribution in [0.5, 0.6) is 0 Å². The van der Waals surface area contributed by atoms with Gasteiger partial charge in [0.2, 0.25) is 0 Å². The molecule has 0 bridgehead atoms. The van der Waals surface area contributed by atoms with Crippen molar-refractivity contribution in [1.29, 1.82) is 0 Å². The van der Waals surface area contributed by atoms with E-state index in [4.69, 9.17) is 5.11 Å². The summed E-state index contributed by atoms with van der Waals surface area (Å²) in [5.74, 6) is 0.328. The zero-order valence-corrected chi connectivity index (χ0v) is 10.9. The Morgan fingerprint density at radius 1 is 1.44 bits per heavy atom. The minimum absolute atomic E-state index is 0.251. The van der Waals surface area contributed by atoms with Crippen LogP contribution in [-0.4, -0.2) is 22.8 Å². The fraction of sp³-hybridized carbons (Fsp3) is 0.692. The fourth-order valence-electron chi connectivity index (χ4n) is 2.06. The Kier molecular flexibility index (Phi) is 5.03. The molecule has 0 aromatic carbocycles. The fourth-order valence-corrected chi connectivity index (χ4v) is 2.06. The first-order valence-electron chi connectivity index (χ1n) is 6.07. The van der Waals surface area contributed by atoms with Crippen molar-refractivity contribution in [3.63, 3.8) is 0 Å². The van der Waals surface area contributed by atoms with Crippen LogP contribution in [0.1, 0.15) is 30.8 Å². The molecule has 3 nitrogen and oxygen atoms in total. The van der Waals surface area contributed by atoms with Crippen molar-refractivity contribution in [2.45, 2.75) is 40.8 Å². The van der Waals surface area contributed by atoms with Crippen molar-refractivity contribution in [2.75, 3.05) is 13.2 Å². The van der Waals surface area contributed by atoms with E-state index in [2.05, 4.69) is 36.7 Å². The molecule has 0 fully saturated rings. The van der Waals surface area contributed by atoms with Crippen LogP contribution in [0.2, 0.25) is 0 Å². The molecule has 0 saturated heterocycles. The zero-order chi connectivity index (χ0) is 12.1. The number of aromatic nitrogens is 1. The van der Waals surface area contributed by atoms with E-state index in [1.807, 2.05) is 6.92 Å². The highest BCUT2D eigenvalue weighted by atomic mass is 16.3. The summed E-state index contributed by atoms with van der Waals surface area (Å²) in [6.45, 7) is 11.6. The molecule has 1 unspecified atom stereocenters. The summed E-state index contributed by atoms with van der Waals surface area (Å²) in [4.78, 5) is 0. The first-order chi connectivity index (χ1) is 7.60. The van der Waals surface area contributed by atoms with Crippen LogP contribution < -0.4 is 5.32 Å². The molecule has 1 aromatic heterocycles. The van der Waals surface area contributed by atoms with Gasteiger partial charge in [-0.15, -0.1) is 0 Å². The molecule has 0 aliphatic carbocycles. The van der Waals surface area contributed by atoms with Gasteiger partial charge in [-0.1, -0.05) is 6.92 Å². The highest BCUT2D eigenvalue weighted by Gasteiger charge is 2.07. The average Bonchev–Trinajstić information content (AvgIpc) is 2.53. The summed E-state index contributed by atoms with van der Waals surface area (Å²) in [5, 5.41) is 12.3. The van der Waals surface area contributed by atoms with Gasteiger partial charge >= 0.3 is 0 Å². The van der Waals surface area contributed by atoms with Gasteiger partial charge < -0.3 is 15.0 Å². The maximum atomic E-state index is 8.93. The molecule has 92 valence electrons. The van der Waals surface area contributed by atoms with Crippen LogP contribution >= 0.6 is 0 Å². The molecule has 1 rings (SSSR count). The Hall–Kier alpha value is -0.800. The molecule has 1 atom stereocenters. The summed E-state index contributed by atoms with van der Waals surface area (Å²) in [6.07, 6.45) is 0. The number of nitrogens with one attached hydrogen (secondary N) is 1. The second-order valence-corrected chi connectivity index (χ2v) is 4.56. The quantitative estimate of drug-likeness (QED) is 0.773. The van der Waals surface area contributed by atoms with Crippen LogP contribution in [0.4, 0.5) is 0 Å². The van der Waals surface area contributed by atoms with E-state index < -0.39 is 0 Å². The zero-order valence-electron chi connectivity index (χ0n) is 10.9. The first-order valence-corrected chi connectivity index (χ1v) is 6.07. The molecule has 0 aliphatic rings. The number of nitrogens with zero attached hydrogens (tertiary/aromatic N) is 1. The standard InChI is InChI=1S/C13H24N2O/c1-5-15-11(3)6-13(12(15)4)8-14-7-10(2)9-16/h6,10,14,16H,5,7-9H2,1-4H3. The second kappa shape index (κ2) is 6.06. The van der Waals surface area contributed by atoms with Crippen molar-refractivity contribution in [2.24, 2.45) is 5.92 Å². The lowest BCUT2D eigenvalue weighted by atomic mass is 10.2. The van der Waals surface area contributed by atoms with Crippen molar-refractivity contribution >= 4 is 0 Å². The molecule has 0 spiro atoms. The summed E-state index contributed by atoms with van der Waals surface area (Å²) < 4.78 is 2.33. The molecule has 16 heavy (non-hydrogen) atoms. The van der Waals surface area contributed by atoms with E-state index >= 15 is 0 Å². The monoisotopic (exact) mass is 224 g/mol. The Balaban J connectivity index is 2.54. The smallest absolute Gasteiger partial charge is 0.0468 e. The first kappa shape index (κ1) is 13.3. The Morgan fingerprint density at radius 2 is 2.12 bits per heavy atom. The molecule has 0 aliphatic heterocycles. The van der Waals surface area contributed by atoms with E-state index in [1.54, 1.807) is 0 Å². The maximum absolute atomic E-state index is 8.93. The third kappa shape index (κ3) is 3.09. The lowest BCUT2D eigenvalue weighted by Crippen LogP contribution is -2.22. The third-order valence-corrected chi connectivity index (χ3v) is 3.11. The van der Waals surface area contributed by atoms with Gasteiger partial charge in [0.05, 0.1) is 0 Å². The van der Waals surface area contributed by atoms with Gasteiger partial charge in [-0.25, -0.2) is 0 Å². The Bertz CT molecular complexity index is 331. The predicted molar refractivity (Wildman–Crippen MR) is 67.5 cm³/mol. The second-order valence-electron chi connectivity index (χ2n) is 4.56. The molecule has 0 amide bonds. The normalized spacial score (nSPS) is 13.1. The number of aliphatic hydroxyl groups excluding tert-OH is 1. The molecule has 3 heteroatoms. The Labute approximate surface area is 98.5 Å². The summed E-state index contributed by atoms with van der Waals surface area (Å²) in [5.41, 5.74) is 4.04. The average molecular weight is 224 g/mol. The highest BCUT2D eigenvalue weighted by Crippen LogP contribution is 2.14. The minimum atomic E-state index is 0.251.